The zero-order chi connectivity index (χ0) is 17.2. The zero-order valence-corrected chi connectivity index (χ0v) is 17.3. The van der Waals surface area contributed by atoms with E-state index < -0.39 is 0 Å². The topological polar surface area (TPSA) is 45.2 Å². The molecule has 27 heavy (non-hydrogen) atoms. The number of likely N-dealkylation sites (tertiary alicyclic amines) is 1. The molecule has 4 rings (SSSR count). The first-order chi connectivity index (χ1) is 12.2. The third-order valence-corrected chi connectivity index (χ3v) is 6.19. The second-order valence-corrected chi connectivity index (χ2v) is 7.92. The van der Waals surface area contributed by atoms with E-state index in [1.807, 2.05) is 10.3 Å². The van der Waals surface area contributed by atoms with Gasteiger partial charge < -0.3 is 10.2 Å². The lowest BCUT2D eigenvalue weighted by Gasteiger charge is -2.19. The van der Waals surface area contributed by atoms with Crippen LogP contribution in [0.4, 0.5) is 4.39 Å². The van der Waals surface area contributed by atoms with Crippen LogP contribution in [0, 0.1) is 17.7 Å². The highest BCUT2D eigenvalue weighted by molar-refractivity contribution is 7.09. The number of aromatic nitrogens is 1. The van der Waals surface area contributed by atoms with Crippen molar-refractivity contribution in [3.05, 3.63) is 51.7 Å². The van der Waals surface area contributed by atoms with Crippen LogP contribution >= 0.6 is 36.2 Å². The Labute approximate surface area is 175 Å². The van der Waals surface area contributed by atoms with Crippen molar-refractivity contribution in [3.8, 4) is 0 Å². The van der Waals surface area contributed by atoms with Gasteiger partial charge >= 0.3 is 0 Å². The second kappa shape index (κ2) is 9.82. The first-order valence-corrected chi connectivity index (χ1v) is 9.76. The van der Waals surface area contributed by atoms with Gasteiger partial charge in [-0.25, -0.2) is 9.37 Å². The van der Waals surface area contributed by atoms with E-state index in [0.717, 1.165) is 49.6 Å². The number of nitrogens with zero attached hydrogens (tertiary/aromatic N) is 2. The fourth-order valence-corrected chi connectivity index (χ4v) is 4.65. The summed E-state index contributed by atoms with van der Waals surface area (Å²) in [5, 5.41) is 6.21. The lowest BCUT2D eigenvalue weighted by atomic mass is 9.92. The van der Waals surface area contributed by atoms with Crippen molar-refractivity contribution >= 4 is 42.1 Å². The van der Waals surface area contributed by atoms with Gasteiger partial charge in [0, 0.05) is 24.9 Å². The summed E-state index contributed by atoms with van der Waals surface area (Å²) in [7, 11) is 0. The lowest BCUT2D eigenvalue weighted by molar-refractivity contribution is 0.0753. The molecular formula is C19H24Cl2FN3OS. The van der Waals surface area contributed by atoms with Gasteiger partial charge in [-0.15, -0.1) is 36.2 Å². The monoisotopic (exact) mass is 431 g/mol. The minimum absolute atomic E-state index is 0. The molecule has 3 heterocycles. The van der Waals surface area contributed by atoms with Gasteiger partial charge in [0.05, 0.1) is 5.01 Å². The van der Waals surface area contributed by atoms with Crippen LogP contribution in [0.25, 0.3) is 0 Å². The number of hydrogen-bond acceptors (Lipinski definition) is 4. The number of carbonyl (C=O) groups excluding carboxylic acids is 1. The van der Waals surface area contributed by atoms with E-state index >= 15 is 0 Å². The first kappa shape index (κ1) is 22.1. The van der Waals surface area contributed by atoms with E-state index in [-0.39, 0.29) is 36.5 Å². The van der Waals surface area contributed by atoms with Crippen molar-refractivity contribution in [2.75, 3.05) is 26.2 Å². The molecule has 0 unspecified atom stereocenters. The number of halogens is 3. The predicted molar refractivity (Wildman–Crippen MR) is 111 cm³/mol. The molecule has 0 aliphatic carbocycles. The zero-order valence-electron chi connectivity index (χ0n) is 14.9. The summed E-state index contributed by atoms with van der Waals surface area (Å²) in [4.78, 5) is 19.3. The van der Waals surface area contributed by atoms with Crippen LogP contribution in [-0.2, 0) is 6.42 Å². The van der Waals surface area contributed by atoms with Gasteiger partial charge in [-0.3, -0.25) is 4.79 Å². The van der Waals surface area contributed by atoms with Crippen molar-refractivity contribution in [2.45, 2.75) is 19.3 Å². The van der Waals surface area contributed by atoms with Crippen LogP contribution in [-0.4, -0.2) is 42.0 Å². The first-order valence-electron chi connectivity index (χ1n) is 8.88. The SMILES string of the molecule is Cl.Cl.O=C(c1csc(Cc2ccc(F)cc2)n1)N1CC[C@@H]2CNC[C@@H]2CC1. The molecule has 8 heteroatoms. The number of amides is 1. The Kier molecular flexibility index (Phi) is 8.04. The normalized spacial score (nSPS) is 21.6. The van der Waals surface area contributed by atoms with E-state index in [9.17, 15) is 9.18 Å². The number of carbonyl (C=O) groups is 1. The van der Waals surface area contributed by atoms with Crippen LogP contribution in [0.3, 0.4) is 0 Å². The fraction of sp³-hybridized carbons (Fsp3) is 0.474. The van der Waals surface area contributed by atoms with Crippen LogP contribution in [0.2, 0.25) is 0 Å². The van der Waals surface area contributed by atoms with Crippen molar-refractivity contribution in [3.63, 3.8) is 0 Å². The van der Waals surface area contributed by atoms with Crippen LogP contribution in [0.5, 0.6) is 0 Å². The highest BCUT2D eigenvalue weighted by atomic mass is 35.5. The highest BCUT2D eigenvalue weighted by Gasteiger charge is 2.32. The molecule has 1 aromatic carbocycles. The number of rotatable bonds is 3. The van der Waals surface area contributed by atoms with Gasteiger partial charge in [-0.2, -0.15) is 0 Å². The number of hydrogen-bond donors (Lipinski definition) is 1. The molecule has 1 N–H and O–H groups in total. The Morgan fingerprint density at radius 1 is 1.15 bits per heavy atom. The molecule has 0 saturated carbocycles. The van der Waals surface area contributed by atoms with Crippen molar-refractivity contribution < 1.29 is 9.18 Å². The molecule has 2 fully saturated rings. The molecule has 2 saturated heterocycles. The molecule has 1 aromatic heterocycles. The van der Waals surface area contributed by atoms with E-state index in [2.05, 4.69) is 10.3 Å². The molecule has 2 atom stereocenters. The maximum absolute atomic E-state index is 13.0. The summed E-state index contributed by atoms with van der Waals surface area (Å²) >= 11 is 1.50. The Hall–Kier alpha value is -1.21. The fourth-order valence-electron chi connectivity index (χ4n) is 3.85. The minimum Gasteiger partial charge on any atom is -0.337 e. The van der Waals surface area contributed by atoms with E-state index in [0.29, 0.717) is 24.0 Å². The van der Waals surface area contributed by atoms with E-state index in [1.165, 1.54) is 23.5 Å². The highest BCUT2D eigenvalue weighted by Crippen LogP contribution is 2.28. The van der Waals surface area contributed by atoms with E-state index in [1.54, 1.807) is 12.1 Å². The van der Waals surface area contributed by atoms with Crippen LogP contribution in [0.15, 0.2) is 29.6 Å². The minimum atomic E-state index is -0.236. The Balaban J connectivity index is 0.00000131. The summed E-state index contributed by atoms with van der Waals surface area (Å²) in [6.45, 7) is 3.83. The summed E-state index contributed by atoms with van der Waals surface area (Å²) in [6, 6.07) is 6.44. The van der Waals surface area contributed by atoms with Gasteiger partial charge in [0.15, 0.2) is 0 Å². The predicted octanol–water partition coefficient (Wildman–Crippen LogP) is 3.79. The van der Waals surface area contributed by atoms with Gasteiger partial charge in [0.1, 0.15) is 11.5 Å². The van der Waals surface area contributed by atoms with Gasteiger partial charge in [0.25, 0.3) is 5.91 Å². The Morgan fingerprint density at radius 3 is 2.41 bits per heavy atom. The third-order valence-electron chi connectivity index (χ3n) is 5.35. The number of thiazole rings is 1. The molecule has 2 aliphatic heterocycles. The molecule has 0 spiro atoms. The molecule has 4 nitrogen and oxygen atoms in total. The maximum Gasteiger partial charge on any atom is 0.273 e. The molecule has 0 bridgehead atoms. The molecular weight excluding hydrogens is 408 g/mol. The number of fused-ring (bicyclic) bond motifs is 1. The summed E-state index contributed by atoms with van der Waals surface area (Å²) in [5.41, 5.74) is 1.55. The molecule has 1 amide bonds. The number of benzene rings is 1. The average Bonchev–Trinajstić information content (AvgIpc) is 3.22. The second-order valence-electron chi connectivity index (χ2n) is 6.98. The quantitative estimate of drug-likeness (QED) is 0.803. The maximum atomic E-state index is 13.0. The largest absolute Gasteiger partial charge is 0.337 e. The van der Waals surface area contributed by atoms with Crippen molar-refractivity contribution in [1.82, 2.24) is 15.2 Å². The molecule has 2 aromatic rings. The van der Waals surface area contributed by atoms with Gasteiger partial charge in [-0.05, 0) is 55.5 Å². The standard InChI is InChI=1S/C19H22FN3OS.2ClH/c20-16-3-1-13(2-4-16)9-18-22-17(12-25-18)19(24)23-7-5-14-10-21-11-15(14)6-8-23;;/h1-4,12,14-15,21H,5-11H2;2*1H/t14-,15+;;. The average molecular weight is 432 g/mol. The number of nitrogens with one attached hydrogen (secondary N) is 1. The summed E-state index contributed by atoms with van der Waals surface area (Å²) in [6.07, 6.45) is 2.79. The van der Waals surface area contributed by atoms with Gasteiger partial charge in [0.2, 0.25) is 0 Å². The third kappa shape index (κ3) is 5.19. The lowest BCUT2D eigenvalue weighted by Crippen LogP contribution is -2.33. The Morgan fingerprint density at radius 2 is 1.78 bits per heavy atom. The molecule has 2 aliphatic rings. The van der Waals surface area contributed by atoms with E-state index in [4.69, 9.17) is 0 Å². The summed E-state index contributed by atoms with van der Waals surface area (Å²) in [5.74, 6) is 1.24. The Bertz CT molecular complexity index is 742. The van der Waals surface area contributed by atoms with Crippen molar-refractivity contribution in [2.24, 2.45) is 11.8 Å². The smallest absolute Gasteiger partial charge is 0.273 e. The molecule has 148 valence electrons. The van der Waals surface area contributed by atoms with Crippen molar-refractivity contribution in [1.29, 1.82) is 0 Å². The molecule has 0 radical (unpaired) electrons. The summed E-state index contributed by atoms with van der Waals surface area (Å²) < 4.78 is 13.0. The van der Waals surface area contributed by atoms with Crippen LogP contribution in [0.1, 0.15) is 33.9 Å². The van der Waals surface area contributed by atoms with Crippen LogP contribution < -0.4 is 5.32 Å². The van der Waals surface area contributed by atoms with Gasteiger partial charge in [-0.1, -0.05) is 12.1 Å².